The second kappa shape index (κ2) is 15.3. The highest BCUT2D eigenvalue weighted by Gasteiger charge is 2.16. The average Bonchev–Trinajstić information content (AvgIpc) is 3.00. The van der Waals surface area contributed by atoms with Gasteiger partial charge in [0.25, 0.3) is 5.91 Å². The number of fused-ring (bicyclic) bond motifs is 1. The maximum Gasteiger partial charge on any atom is 0.307 e. The van der Waals surface area contributed by atoms with Gasteiger partial charge >= 0.3 is 5.97 Å². The number of hydrogen-bond acceptors (Lipinski definition) is 8. The summed E-state index contributed by atoms with van der Waals surface area (Å²) in [7, 11) is 0. The molecule has 2 atom stereocenters. The molecule has 0 aliphatic carbocycles. The standard InChI is InChI=1S/C32H34ClN3O6/c1-2-41-30(39)14-16-35-32(40)27-8-4-7-26-29(13-15-34-31(26)27)42-25-11-9-21(10-12-25)17-24(20-37)36-19-28(38)22-5-3-6-23(33)18-22/h3-13,15,18,24,28,36-38H,2,14,16-17,19-20H2,1H3,(H,35,40)/t24-,28-/m0/s1. The van der Waals surface area contributed by atoms with Crippen molar-refractivity contribution in [3.8, 4) is 11.5 Å². The minimum absolute atomic E-state index is 0.0855. The number of carbonyl (C=O) groups excluding carboxylic acids is 2. The fourth-order valence-electron chi connectivity index (χ4n) is 4.45. The number of carbonyl (C=O) groups is 2. The predicted octanol–water partition coefficient (Wildman–Crippen LogP) is 4.59. The molecule has 4 N–H and O–H groups in total. The van der Waals surface area contributed by atoms with Crippen LogP contribution in [0.5, 0.6) is 11.5 Å². The molecule has 4 aromatic rings. The van der Waals surface area contributed by atoms with Crippen LogP contribution in [0.3, 0.4) is 0 Å². The van der Waals surface area contributed by atoms with Crippen LogP contribution in [-0.4, -0.2) is 59.4 Å². The number of hydrogen-bond donors (Lipinski definition) is 4. The number of pyridine rings is 1. The van der Waals surface area contributed by atoms with Crippen molar-refractivity contribution in [2.75, 3.05) is 26.3 Å². The number of aliphatic hydroxyl groups is 2. The maximum absolute atomic E-state index is 12.8. The Labute approximate surface area is 249 Å². The number of aromatic nitrogens is 1. The molecule has 0 saturated heterocycles. The lowest BCUT2D eigenvalue weighted by molar-refractivity contribution is -0.142. The van der Waals surface area contributed by atoms with Gasteiger partial charge in [-0.3, -0.25) is 14.6 Å². The maximum atomic E-state index is 12.8. The van der Waals surface area contributed by atoms with E-state index < -0.39 is 6.10 Å². The van der Waals surface area contributed by atoms with E-state index in [0.717, 1.165) is 5.56 Å². The van der Waals surface area contributed by atoms with Gasteiger partial charge in [-0.1, -0.05) is 41.9 Å². The highest BCUT2D eigenvalue weighted by Crippen LogP contribution is 2.30. The van der Waals surface area contributed by atoms with Crippen molar-refractivity contribution < 1.29 is 29.3 Å². The highest BCUT2D eigenvalue weighted by atomic mass is 35.5. The van der Waals surface area contributed by atoms with Gasteiger partial charge in [-0.15, -0.1) is 0 Å². The Kier molecular flexibility index (Phi) is 11.2. The van der Waals surface area contributed by atoms with Crippen LogP contribution < -0.4 is 15.4 Å². The molecule has 1 heterocycles. The van der Waals surface area contributed by atoms with Gasteiger partial charge in [-0.2, -0.15) is 0 Å². The van der Waals surface area contributed by atoms with Crippen molar-refractivity contribution in [2.45, 2.75) is 31.9 Å². The van der Waals surface area contributed by atoms with E-state index in [0.29, 0.717) is 51.6 Å². The molecule has 0 radical (unpaired) electrons. The van der Waals surface area contributed by atoms with Gasteiger partial charge in [0.1, 0.15) is 11.5 Å². The molecular weight excluding hydrogens is 558 g/mol. The fraction of sp³-hybridized carbons (Fsp3) is 0.281. The minimum atomic E-state index is -0.750. The van der Waals surface area contributed by atoms with Crippen LogP contribution >= 0.6 is 11.6 Å². The number of benzene rings is 3. The minimum Gasteiger partial charge on any atom is -0.466 e. The van der Waals surface area contributed by atoms with E-state index in [-0.39, 0.29) is 44.0 Å². The van der Waals surface area contributed by atoms with Gasteiger partial charge in [0.2, 0.25) is 0 Å². The van der Waals surface area contributed by atoms with Crippen molar-refractivity contribution in [1.82, 2.24) is 15.6 Å². The molecule has 0 unspecified atom stereocenters. The van der Waals surface area contributed by atoms with Crippen LogP contribution in [0.25, 0.3) is 10.9 Å². The van der Waals surface area contributed by atoms with Crippen LogP contribution in [0.15, 0.2) is 79.0 Å². The van der Waals surface area contributed by atoms with E-state index in [4.69, 9.17) is 21.1 Å². The number of esters is 1. The molecule has 1 aromatic heterocycles. The summed E-state index contributed by atoms with van der Waals surface area (Å²) < 4.78 is 11.0. The summed E-state index contributed by atoms with van der Waals surface area (Å²) in [5.74, 6) is 0.427. The average molecular weight is 592 g/mol. The third-order valence-corrected chi connectivity index (χ3v) is 6.82. The number of amides is 1. The lowest BCUT2D eigenvalue weighted by atomic mass is 10.0. The third kappa shape index (κ3) is 8.50. The first-order chi connectivity index (χ1) is 20.4. The van der Waals surface area contributed by atoms with E-state index in [1.165, 1.54) is 0 Å². The number of halogens is 1. The van der Waals surface area contributed by atoms with Crippen LogP contribution in [0.2, 0.25) is 5.02 Å². The van der Waals surface area contributed by atoms with Crippen molar-refractivity contribution in [2.24, 2.45) is 0 Å². The zero-order valence-electron chi connectivity index (χ0n) is 23.3. The molecule has 1 amide bonds. The number of aliphatic hydroxyl groups excluding tert-OH is 2. The van der Waals surface area contributed by atoms with Crippen LogP contribution in [-0.2, 0) is 16.0 Å². The van der Waals surface area contributed by atoms with Crippen LogP contribution in [0.4, 0.5) is 0 Å². The van der Waals surface area contributed by atoms with E-state index in [2.05, 4.69) is 15.6 Å². The molecular formula is C32H34ClN3O6. The predicted molar refractivity (Wildman–Crippen MR) is 161 cm³/mol. The first kappa shape index (κ1) is 30.9. The van der Waals surface area contributed by atoms with Gasteiger partial charge in [0.05, 0.1) is 36.8 Å². The van der Waals surface area contributed by atoms with Gasteiger partial charge < -0.3 is 30.3 Å². The molecule has 3 aromatic carbocycles. The Bertz CT molecular complexity index is 1500. The summed E-state index contributed by atoms with van der Waals surface area (Å²) in [4.78, 5) is 28.8. The molecule has 0 aliphatic heterocycles. The quantitative estimate of drug-likeness (QED) is 0.157. The van der Waals surface area contributed by atoms with Gasteiger partial charge in [0.15, 0.2) is 0 Å². The monoisotopic (exact) mass is 591 g/mol. The number of para-hydroxylation sites is 1. The molecule has 4 rings (SSSR count). The Morgan fingerprint density at radius 2 is 1.83 bits per heavy atom. The molecule has 0 bridgehead atoms. The van der Waals surface area contributed by atoms with E-state index in [1.807, 2.05) is 30.3 Å². The normalized spacial score (nSPS) is 12.5. The van der Waals surface area contributed by atoms with E-state index >= 15 is 0 Å². The lowest BCUT2D eigenvalue weighted by Gasteiger charge is -2.19. The Balaban J connectivity index is 1.37. The summed E-state index contributed by atoms with van der Waals surface area (Å²) in [5.41, 5.74) is 2.54. The first-order valence-electron chi connectivity index (χ1n) is 13.7. The van der Waals surface area contributed by atoms with Gasteiger partial charge in [0, 0.05) is 35.7 Å². The highest BCUT2D eigenvalue weighted by molar-refractivity contribution is 6.30. The fourth-order valence-corrected chi connectivity index (χ4v) is 4.64. The van der Waals surface area contributed by atoms with Crippen LogP contribution in [0, 0.1) is 0 Å². The molecule has 42 heavy (non-hydrogen) atoms. The SMILES string of the molecule is CCOC(=O)CCNC(=O)c1cccc2c(Oc3ccc(C[C@@H](CO)NC[C@H](O)c4cccc(Cl)c4)cc3)ccnc12. The number of rotatable bonds is 14. The summed E-state index contributed by atoms with van der Waals surface area (Å²) in [6.07, 6.45) is 1.46. The molecule has 0 fully saturated rings. The zero-order chi connectivity index (χ0) is 29.9. The van der Waals surface area contributed by atoms with Crippen molar-refractivity contribution >= 4 is 34.4 Å². The third-order valence-electron chi connectivity index (χ3n) is 6.58. The van der Waals surface area contributed by atoms with Crippen molar-refractivity contribution in [3.05, 3.63) is 101 Å². The lowest BCUT2D eigenvalue weighted by Crippen LogP contribution is -2.37. The van der Waals surface area contributed by atoms with E-state index in [9.17, 15) is 19.8 Å². The Morgan fingerprint density at radius 3 is 2.57 bits per heavy atom. The molecule has 0 aliphatic rings. The van der Waals surface area contributed by atoms with Crippen molar-refractivity contribution in [1.29, 1.82) is 0 Å². The summed E-state index contributed by atoms with van der Waals surface area (Å²) in [6.45, 7) is 2.36. The molecule has 220 valence electrons. The number of nitrogens with one attached hydrogen (secondary N) is 2. The second-order valence-corrected chi connectivity index (χ2v) is 10.1. The summed E-state index contributed by atoms with van der Waals surface area (Å²) in [5, 5.41) is 27.5. The van der Waals surface area contributed by atoms with Gasteiger partial charge in [-0.25, -0.2) is 0 Å². The second-order valence-electron chi connectivity index (χ2n) is 9.63. The Hall–Kier alpha value is -4.02. The largest absolute Gasteiger partial charge is 0.466 e. The Morgan fingerprint density at radius 1 is 1.05 bits per heavy atom. The smallest absolute Gasteiger partial charge is 0.307 e. The molecule has 10 heteroatoms. The van der Waals surface area contributed by atoms with Crippen molar-refractivity contribution in [3.63, 3.8) is 0 Å². The van der Waals surface area contributed by atoms with E-state index in [1.54, 1.807) is 55.6 Å². The summed E-state index contributed by atoms with van der Waals surface area (Å²) in [6, 6.07) is 21.3. The molecule has 0 saturated carbocycles. The first-order valence-corrected chi connectivity index (χ1v) is 14.1. The van der Waals surface area contributed by atoms with Crippen LogP contribution in [0.1, 0.15) is 40.9 Å². The topological polar surface area (TPSA) is 130 Å². The molecule has 9 nitrogen and oxygen atoms in total. The number of nitrogens with zero attached hydrogens (tertiary/aromatic N) is 1. The number of ether oxygens (including phenoxy) is 2. The molecule has 0 spiro atoms. The van der Waals surface area contributed by atoms with Gasteiger partial charge in [-0.05, 0) is 66.9 Å². The summed E-state index contributed by atoms with van der Waals surface area (Å²) >= 11 is 6.02. The zero-order valence-corrected chi connectivity index (χ0v) is 24.0.